The molecule has 1 aromatic carbocycles. The highest BCUT2D eigenvalue weighted by Gasteiger charge is 2.28. The van der Waals surface area contributed by atoms with Crippen LogP contribution in [0.15, 0.2) is 30.5 Å². The average Bonchev–Trinajstić information content (AvgIpc) is 3.12. The molecule has 1 aliphatic heterocycles. The molecule has 0 spiro atoms. The zero-order valence-electron chi connectivity index (χ0n) is 16.4. The van der Waals surface area contributed by atoms with Gasteiger partial charge in [-0.1, -0.05) is 32.4 Å². The van der Waals surface area contributed by atoms with Gasteiger partial charge >= 0.3 is 0 Å². The Balaban J connectivity index is 1.78. The highest BCUT2D eigenvalue weighted by molar-refractivity contribution is 6.30. The third-order valence-electron chi connectivity index (χ3n) is 5.24. The maximum atomic E-state index is 13.2. The van der Waals surface area contributed by atoms with Crippen molar-refractivity contribution in [2.45, 2.75) is 39.5 Å². The SMILES string of the molecule is CCNCC1CCN(C(=O)c2cnn(-c3ccc(Cl)cc3)c2C(C)C)CC1. The molecule has 1 aliphatic rings. The van der Waals surface area contributed by atoms with E-state index in [2.05, 4.69) is 31.2 Å². The van der Waals surface area contributed by atoms with Crippen LogP contribution in [0.5, 0.6) is 0 Å². The van der Waals surface area contributed by atoms with Gasteiger partial charge in [0.05, 0.1) is 23.1 Å². The van der Waals surface area contributed by atoms with Crippen LogP contribution in [-0.4, -0.2) is 46.8 Å². The molecule has 5 nitrogen and oxygen atoms in total. The number of likely N-dealkylation sites (tertiary alicyclic amines) is 1. The molecule has 1 aromatic heterocycles. The first kappa shape index (κ1) is 19.9. The van der Waals surface area contributed by atoms with Crippen molar-refractivity contribution < 1.29 is 4.79 Å². The van der Waals surface area contributed by atoms with Crippen LogP contribution in [0.2, 0.25) is 5.02 Å². The average molecular weight is 389 g/mol. The fourth-order valence-electron chi connectivity index (χ4n) is 3.73. The number of rotatable bonds is 6. The van der Waals surface area contributed by atoms with Crippen LogP contribution in [0.1, 0.15) is 55.6 Å². The second-order valence-electron chi connectivity index (χ2n) is 7.53. The quantitative estimate of drug-likeness (QED) is 0.810. The Morgan fingerprint density at radius 2 is 1.93 bits per heavy atom. The predicted molar refractivity (Wildman–Crippen MR) is 110 cm³/mol. The molecule has 0 saturated carbocycles. The summed E-state index contributed by atoms with van der Waals surface area (Å²) in [6, 6.07) is 7.56. The number of piperidine rings is 1. The Bertz CT molecular complexity index is 761. The second-order valence-corrected chi connectivity index (χ2v) is 7.97. The highest BCUT2D eigenvalue weighted by Crippen LogP contribution is 2.26. The second kappa shape index (κ2) is 8.89. The minimum absolute atomic E-state index is 0.0980. The Morgan fingerprint density at radius 3 is 2.52 bits per heavy atom. The van der Waals surface area contributed by atoms with Gasteiger partial charge in [-0.2, -0.15) is 5.10 Å². The number of benzene rings is 1. The molecule has 0 unspecified atom stereocenters. The number of aromatic nitrogens is 2. The number of carbonyl (C=O) groups is 1. The molecule has 1 N–H and O–H groups in total. The third kappa shape index (κ3) is 4.53. The number of amides is 1. The van der Waals surface area contributed by atoms with E-state index in [9.17, 15) is 4.79 Å². The Labute approximate surface area is 166 Å². The van der Waals surface area contributed by atoms with Gasteiger partial charge in [0.15, 0.2) is 0 Å². The molecule has 0 aliphatic carbocycles. The molecule has 1 saturated heterocycles. The van der Waals surface area contributed by atoms with E-state index in [4.69, 9.17) is 11.6 Å². The summed E-state index contributed by atoms with van der Waals surface area (Å²) in [4.78, 5) is 15.2. The van der Waals surface area contributed by atoms with Gasteiger partial charge in [-0.15, -0.1) is 0 Å². The first-order valence-electron chi connectivity index (χ1n) is 9.85. The van der Waals surface area contributed by atoms with Crippen LogP contribution in [0.4, 0.5) is 0 Å². The molecular formula is C21H29ClN4O. The first-order chi connectivity index (χ1) is 13.0. The number of carbonyl (C=O) groups excluding carboxylic acids is 1. The summed E-state index contributed by atoms with van der Waals surface area (Å²) in [6.45, 7) is 10.0. The van der Waals surface area contributed by atoms with Crippen molar-refractivity contribution in [1.82, 2.24) is 20.0 Å². The van der Waals surface area contributed by atoms with Crippen molar-refractivity contribution >= 4 is 17.5 Å². The van der Waals surface area contributed by atoms with Gasteiger partial charge in [0.2, 0.25) is 0 Å². The lowest BCUT2D eigenvalue weighted by atomic mass is 9.96. The third-order valence-corrected chi connectivity index (χ3v) is 5.49. The van der Waals surface area contributed by atoms with Gasteiger partial charge in [0.25, 0.3) is 5.91 Å². The molecule has 0 radical (unpaired) electrons. The molecule has 1 amide bonds. The van der Waals surface area contributed by atoms with Crippen molar-refractivity contribution in [3.8, 4) is 5.69 Å². The fourth-order valence-corrected chi connectivity index (χ4v) is 3.85. The van der Waals surface area contributed by atoms with Crippen molar-refractivity contribution in [2.24, 2.45) is 5.92 Å². The summed E-state index contributed by atoms with van der Waals surface area (Å²) in [6.07, 6.45) is 3.83. The molecule has 0 atom stereocenters. The lowest BCUT2D eigenvalue weighted by Crippen LogP contribution is -2.41. The summed E-state index contributed by atoms with van der Waals surface area (Å²) >= 11 is 6.01. The van der Waals surface area contributed by atoms with Crippen molar-refractivity contribution in [2.75, 3.05) is 26.2 Å². The molecule has 2 heterocycles. The van der Waals surface area contributed by atoms with Gasteiger partial charge in [-0.3, -0.25) is 4.79 Å². The molecule has 2 aromatic rings. The summed E-state index contributed by atoms with van der Waals surface area (Å²) in [7, 11) is 0. The van der Waals surface area contributed by atoms with E-state index in [0.29, 0.717) is 16.5 Å². The monoisotopic (exact) mass is 388 g/mol. The van der Waals surface area contributed by atoms with E-state index in [0.717, 1.165) is 50.4 Å². The minimum atomic E-state index is 0.0980. The number of halogens is 1. The van der Waals surface area contributed by atoms with E-state index >= 15 is 0 Å². The van der Waals surface area contributed by atoms with Crippen LogP contribution < -0.4 is 5.32 Å². The molecule has 27 heavy (non-hydrogen) atoms. The lowest BCUT2D eigenvalue weighted by Gasteiger charge is -2.32. The predicted octanol–water partition coefficient (Wildman–Crippen LogP) is 4.11. The van der Waals surface area contributed by atoms with Crippen LogP contribution >= 0.6 is 11.6 Å². The molecular weight excluding hydrogens is 360 g/mol. The summed E-state index contributed by atoms with van der Waals surface area (Å²) in [5, 5.41) is 8.63. The first-order valence-corrected chi connectivity index (χ1v) is 10.2. The van der Waals surface area contributed by atoms with E-state index in [1.54, 1.807) is 6.20 Å². The van der Waals surface area contributed by atoms with Crippen molar-refractivity contribution in [1.29, 1.82) is 0 Å². The summed E-state index contributed by atoms with van der Waals surface area (Å²) in [5.41, 5.74) is 2.59. The lowest BCUT2D eigenvalue weighted by molar-refractivity contribution is 0.0688. The maximum Gasteiger partial charge on any atom is 0.257 e. The number of hydrogen-bond acceptors (Lipinski definition) is 3. The molecule has 1 fully saturated rings. The number of nitrogens with one attached hydrogen (secondary N) is 1. The van der Waals surface area contributed by atoms with Crippen LogP contribution in [0.3, 0.4) is 0 Å². The maximum absolute atomic E-state index is 13.2. The molecule has 6 heteroatoms. The van der Waals surface area contributed by atoms with E-state index in [1.807, 2.05) is 33.8 Å². The van der Waals surface area contributed by atoms with Crippen LogP contribution in [-0.2, 0) is 0 Å². The minimum Gasteiger partial charge on any atom is -0.339 e. The van der Waals surface area contributed by atoms with Gasteiger partial charge in [-0.25, -0.2) is 4.68 Å². The summed E-state index contributed by atoms with van der Waals surface area (Å²) in [5.74, 6) is 0.949. The van der Waals surface area contributed by atoms with Crippen LogP contribution in [0.25, 0.3) is 5.69 Å². The standard InChI is InChI=1S/C21H29ClN4O/c1-4-23-13-16-9-11-25(12-10-16)21(27)19-14-24-26(20(19)15(2)3)18-7-5-17(22)6-8-18/h5-8,14-16,23H,4,9-13H2,1-3H3. The normalized spacial score (nSPS) is 15.5. The Morgan fingerprint density at radius 1 is 1.26 bits per heavy atom. The Hall–Kier alpha value is -1.85. The number of hydrogen-bond donors (Lipinski definition) is 1. The van der Waals surface area contributed by atoms with E-state index < -0.39 is 0 Å². The zero-order chi connectivity index (χ0) is 19.4. The van der Waals surface area contributed by atoms with Crippen molar-refractivity contribution in [3.05, 3.63) is 46.7 Å². The largest absolute Gasteiger partial charge is 0.339 e. The van der Waals surface area contributed by atoms with Gasteiger partial charge in [0.1, 0.15) is 0 Å². The highest BCUT2D eigenvalue weighted by atomic mass is 35.5. The van der Waals surface area contributed by atoms with Gasteiger partial charge in [-0.05, 0) is 62.0 Å². The summed E-state index contributed by atoms with van der Waals surface area (Å²) < 4.78 is 1.87. The molecule has 3 rings (SSSR count). The topological polar surface area (TPSA) is 50.2 Å². The van der Waals surface area contributed by atoms with Gasteiger partial charge < -0.3 is 10.2 Å². The molecule has 0 bridgehead atoms. The smallest absolute Gasteiger partial charge is 0.257 e. The zero-order valence-corrected chi connectivity index (χ0v) is 17.2. The van der Waals surface area contributed by atoms with Crippen molar-refractivity contribution in [3.63, 3.8) is 0 Å². The van der Waals surface area contributed by atoms with E-state index in [-0.39, 0.29) is 11.8 Å². The Kier molecular flexibility index (Phi) is 6.55. The van der Waals surface area contributed by atoms with Crippen LogP contribution in [0, 0.1) is 5.92 Å². The van der Waals surface area contributed by atoms with E-state index in [1.165, 1.54) is 0 Å². The van der Waals surface area contributed by atoms with Gasteiger partial charge in [0, 0.05) is 18.1 Å². The molecule has 146 valence electrons. The fraction of sp³-hybridized carbons (Fsp3) is 0.524. The number of nitrogens with zero attached hydrogens (tertiary/aromatic N) is 3.